The first-order chi connectivity index (χ1) is 17.6. The number of aromatic nitrogens is 2. The second-order valence-electron chi connectivity index (χ2n) is 10.1. The third-order valence-electron chi connectivity index (χ3n) is 6.72. The van der Waals surface area contributed by atoms with E-state index in [2.05, 4.69) is 23.8 Å². The van der Waals surface area contributed by atoms with Gasteiger partial charge in [0.25, 0.3) is 0 Å². The third kappa shape index (κ3) is 13.3. The molecule has 202 valence electrons. The molecule has 1 heterocycles. The Hall–Kier alpha value is -2.04. The van der Waals surface area contributed by atoms with Crippen molar-refractivity contribution in [3.63, 3.8) is 0 Å². The standard InChI is InChI=1S/C31H48F2N2O/c1-3-5-7-8-9-10-11-12-14-15-26-24-34-31(35-25-26)27-17-19-30(20-18-27)36-22-21-29(33)23-28(32)16-13-6-4-2/h17-20,24-25,28-29H,3-16,21-23H2,1-2H3. The first kappa shape index (κ1) is 30.2. The zero-order valence-electron chi connectivity index (χ0n) is 22.7. The molecule has 2 rings (SSSR count). The van der Waals surface area contributed by atoms with E-state index in [1.807, 2.05) is 36.7 Å². The highest BCUT2D eigenvalue weighted by Gasteiger charge is 2.15. The Morgan fingerprint density at radius 1 is 0.694 bits per heavy atom. The van der Waals surface area contributed by atoms with Crippen molar-refractivity contribution < 1.29 is 13.5 Å². The molecule has 0 spiro atoms. The highest BCUT2D eigenvalue weighted by Crippen LogP contribution is 2.21. The average molecular weight is 503 g/mol. The molecule has 0 fully saturated rings. The van der Waals surface area contributed by atoms with Gasteiger partial charge < -0.3 is 4.74 Å². The number of hydrogen-bond donors (Lipinski definition) is 0. The minimum absolute atomic E-state index is 0.0293. The van der Waals surface area contributed by atoms with Gasteiger partial charge in [-0.2, -0.15) is 0 Å². The molecule has 1 aromatic carbocycles. The SMILES string of the molecule is CCCCCCCCCCCc1cnc(-c2ccc(OCCC(F)CC(F)CCCCC)cc2)nc1. The van der Waals surface area contributed by atoms with Crippen LogP contribution in [0.5, 0.6) is 5.75 Å². The van der Waals surface area contributed by atoms with Gasteiger partial charge in [0.15, 0.2) is 5.82 Å². The van der Waals surface area contributed by atoms with Crippen LogP contribution < -0.4 is 4.74 Å². The Morgan fingerprint density at radius 3 is 1.89 bits per heavy atom. The molecule has 2 aromatic rings. The summed E-state index contributed by atoms with van der Waals surface area (Å²) in [4.78, 5) is 9.08. The van der Waals surface area contributed by atoms with Crippen LogP contribution in [0.25, 0.3) is 11.4 Å². The molecule has 0 N–H and O–H groups in total. The summed E-state index contributed by atoms with van der Waals surface area (Å²) < 4.78 is 33.5. The van der Waals surface area contributed by atoms with Gasteiger partial charge in [0.1, 0.15) is 18.1 Å². The summed E-state index contributed by atoms with van der Waals surface area (Å²) in [6, 6.07) is 7.54. The second kappa shape index (κ2) is 19.1. The molecule has 0 radical (unpaired) electrons. The topological polar surface area (TPSA) is 35.0 Å². The van der Waals surface area contributed by atoms with Crippen molar-refractivity contribution in [3.8, 4) is 17.1 Å². The number of benzene rings is 1. The van der Waals surface area contributed by atoms with Crippen molar-refractivity contribution in [2.45, 2.75) is 129 Å². The van der Waals surface area contributed by atoms with Crippen LogP contribution in [-0.2, 0) is 6.42 Å². The van der Waals surface area contributed by atoms with E-state index in [1.165, 1.54) is 63.4 Å². The summed E-state index contributed by atoms with van der Waals surface area (Å²) in [5.41, 5.74) is 2.11. The van der Waals surface area contributed by atoms with Gasteiger partial charge in [-0.3, -0.25) is 0 Å². The average Bonchev–Trinajstić information content (AvgIpc) is 2.89. The zero-order chi connectivity index (χ0) is 25.8. The summed E-state index contributed by atoms with van der Waals surface area (Å²) in [7, 11) is 0. The molecule has 36 heavy (non-hydrogen) atoms. The van der Waals surface area contributed by atoms with Crippen LogP contribution in [0.4, 0.5) is 8.78 Å². The van der Waals surface area contributed by atoms with Gasteiger partial charge in [0.2, 0.25) is 0 Å². The van der Waals surface area contributed by atoms with Crippen molar-refractivity contribution in [2.24, 2.45) is 0 Å². The molecule has 0 amide bonds. The fourth-order valence-corrected chi connectivity index (χ4v) is 4.41. The Morgan fingerprint density at radius 2 is 1.25 bits per heavy atom. The maximum Gasteiger partial charge on any atom is 0.159 e. The normalized spacial score (nSPS) is 13.0. The van der Waals surface area contributed by atoms with E-state index in [4.69, 9.17) is 4.74 Å². The van der Waals surface area contributed by atoms with Gasteiger partial charge >= 0.3 is 0 Å². The van der Waals surface area contributed by atoms with Gasteiger partial charge in [0, 0.05) is 30.8 Å². The molecule has 5 heteroatoms. The van der Waals surface area contributed by atoms with Crippen molar-refractivity contribution in [1.29, 1.82) is 0 Å². The second-order valence-corrected chi connectivity index (χ2v) is 10.1. The van der Waals surface area contributed by atoms with Crippen molar-refractivity contribution >= 4 is 0 Å². The number of halogens is 2. The zero-order valence-corrected chi connectivity index (χ0v) is 22.7. The smallest absolute Gasteiger partial charge is 0.159 e. The first-order valence-electron chi connectivity index (χ1n) is 14.4. The summed E-state index contributed by atoms with van der Waals surface area (Å²) in [5.74, 6) is 1.37. The molecule has 0 saturated heterocycles. The van der Waals surface area contributed by atoms with E-state index in [-0.39, 0.29) is 19.4 Å². The van der Waals surface area contributed by atoms with Crippen LogP contribution in [0, 0.1) is 0 Å². The highest BCUT2D eigenvalue weighted by atomic mass is 19.1. The molecule has 2 atom stereocenters. The number of unbranched alkanes of at least 4 members (excludes halogenated alkanes) is 10. The minimum Gasteiger partial charge on any atom is -0.493 e. The van der Waals surface area contributed by atoms with Crippen LogP contribution >= 0.6 is 0 Å². The van der Waals surface area contributed by atoms with Crippen LogP contribution in [-0.4, -0.2) is 28.9 Å². The molecule has 0 bridgehead atoms. The van der Waals surface area contributed by atoms with Gasteiger partial charge in [-0.05, 0) is 49.1 Å². The maximum atomic E-state index is 14.0. The fraction of sp³-hybridized carbons (Fsp3) is 0.677. The molecule has 3 nitrogen and oxygen atoms in total. The van der Waals surface area contributed by atoms with E-state index in [1.54, 1.807) is 0 Å². The van der Waals surface area contributed by atoms with E-state index >= 15 is 0 Å². The van der Waals surface area contributed by atoms with Crippen molar-refractivity contribution in [3.05, 3.63) is 42.2 Å². The monoisotopic (exact) mass is 502 g/mol. The first-order valence-corrected chi connectivity index (χ1v) is 14.4. The van der Waals surface area contributed by atoms with Crippen molar-refractivity contribution in [2.75, 3.05) is 6.61 Å². The lowest BCUT2D eigenvalue weighted by molar-refractivity contribution is 0.175. The number of hydrogen-bond acceptors (Lipinski definition) is 3. The number of nitrogens with zero attached hydrogens (tertiary/aromatic N) is 2. The van der Waals surface area contributed by atoms with Crippen molar-refractivity contribution in [1.82, 2.24) is 9.97 Å². The fourth-order valence-electron chi connectivity index (χ4n) is 4.41. The van der Waals surface area contributed by atoms with Gasteiger partial charge in [-0.1, -0.05) is 84.5 Å². The van der Waals surface area contributed by atoms with Gasteiger partial charge in [0.05, 0.1) is 6.61 Å². The lowest BCUT2D eigenvalue weighted by atomic mass is 10.1. The minimum atomic E-state index is -1.16. The number of aryl methyl sites for hydroxylation is 1. The summed E-state index contributed by atoms with van der Waals surface area (Å²) >= 11 is 0. The summed E-state index contributed by atoms with van der Waals surface area (Å²) in [6.07, 6.45) is 18.2. The van der Waals surface area contributed by atoms with E-state index in [0.29, 0.717) is 18.0 Å². The van der Waals surface area contributed by atoms with E-state index < -0.39 is 12.3 Å². The van der Waals surface area contributed by atoms with E-state index in [0.717, 1.165) is 31.2 Å². The predicted molar refractivity (Wildman–Crippen MR) is 147 cm³/mol. The molecular formula is C31H48F2N2O. The largest absolute Gasteiger partial charge is 0.493 e. The summed E-state index contributed by atoms with van der Waals surface area (Å²) in [6.45, 7) is 4.58. The Labute approximate surface area is 218 Å². The van der Waals surface area contributed by atoms with Crippen LogP contribution in [0.3, 0.4) is 0 Å². The van der Waals surface area contributed by atoms with Gasteiger partial charge in [-0.25, -0.2) is 18.7 Å². The lowest BCUT2D eigenvalue weighted by Crippen LogP contribution is -2.14. The Balaban J connectivity index is 1.62. The molecule has 1 aromatic heterocycles. The van der Waals surface area contributed by atoms with E-state index in [9.17, 15) is 8.78 Å². The molecule has 0 aliphatic carbocycles. The quantitative estimate of drug-likeness (QED) is 0.159. The Bertz CT molecular complexity index is 782. The third-order valence-corrected chi connectivity index (χ3v) is 6.72. The summed E-state index contributed by atoms with van der Waals surface area (Å²) in [5, 5.41) is 0. The lowest BCUT2D eigenvalue weighted by Gasteiger charge is -2.13. The van der Waals surface area contributed by atoms with Gasteiger partial charge in [-0.15, -0.1) is 0 Å². The predicted octanol–water partition coefficient (Wildman–Crippen LogP) is 9.63. The molecule has 0 saturated carbocycles. The molecule has 0 aliphatic rings. The molecular weight excluding hydrogens is 454 g/mol. The van der Waals surface area contributed by atoms with Crippen LogP contribution in [0.1, 0.15) is 116 Å². The number of ether oxygens (including phenoxy) is 1. The number of rotatable bonds is 21. The van der Waals surface area contributed by atoms with Crippen LogP contribution in [0.15, 0.2) is 36.7 Å². The highest BCUT2D eigenvalue weighted by molar-refractivity contribution is 5.55. The molecule has 0 aliphatic heterocycles. The number of alkyl halides is 2. The maximum absolute atomic E-state index is 14.0. The molecule has 2 unspecified atom stereocenters. The van der Waals surface area contributed by atoms with Crippen LogP contribution in [0.2, 0.25) is 0 Å². The Kier molecular flexibility index (Phi) is 16.0.